The Morgan fingerprint density at radius 3 is 2.57 bits per heavy atom. The Labute approximate surface area is 125 Å². The van der Waals surface area contributed by atoms with E-state index < -0.39 is 4.92 Å². The van der Waals surface area contributed by atoms with Crippen molar-refractivity contribution in [2.24, 2.45) is 11.8 Å². The van der Waals surface area contributed by atoms with E-state index in [4.69, 9.17) is 4.74 Å². The van der Waals surface area contributed by atoms with E-state index in [-0.39, 0.29) is 5.69 Å². The van der Waals surface area contributed by atoms with Crippen LogP contribution < -0.4 is 10.1 Å². The summed E-state index contributed by atoms with van der Waals surface area (Å²) >= 11 is 0. The molecule has 0 heterocycles. The van der Waals surface area contributed by atoms with Crippen LogP contribution in [0.4, 0.5) is 5.69 Å². The van der Waals surface area contributed by atoms with E-state index >= 15 is 0 Å². The van der Waals surface area contributed by atoms with Crippen LogP contribution >= 0.6 is 0 Å². The van der Waals surface area contributed by atoms with E-state index in [1.165, 1.54) is 31.4 Å². The fourth-order valence-corrected chi connectivity index (χ4v) is 2.83. The summed E-state index contributed by atoms with van der Waals surface area (Å²) < 4.78 is 5.59. The number of non-ortho nitro benzene ring substituents is 1. The van der Waals surface area contributed by atoms with Crippen molar-refractivity contribution in [3.8, 4) is 5.75 Å². The van der Waals surface area contributed by atoms with Gasteiger partial charge in [0.25, 0.3) is 5.69 Å². The molecule has 0 radical (unpaired) electrons. The highest BCUT2D eigenvalue weighted by Crippen LogP contribution is 2.29. The van der Waals surface area contributed by atoms with E-state index in [1.807, 2.05) is 0 Å². The summed E-state index contributed by atoms with van der Waals surface area (Å²) in [6.45, 7) is 6.05. The van der Waals surface area contributed by atoms with Crippen molar-refractivity contribution in [1.82, 2.24) is 5.32 Å². The monoisotopic (exact) mass is 292 g/mol. The number of hydrogen-bond donors (Lipinski definition) is 1. The van der Waals surface area contributed by atoms with Crippen LogP contribution in [0.1, 0.15) is 33.1 Å². The SMILES string of the molecule is CC1CCC(NCCOc2ccc([N+](=O)[O-])cc2)CC1C. The molecule has 21 heavy (non-hydrogen) atoms. The maximum atomic E-state index is 10.6. The second-order valence-electron chi connectivity index (χ2n) is 6.02. The van der Waals surface area contributed by atoms with Crippen LogP contribution in [0.2, 0.25) is 0 Å². The second kappa shape index (κ2) is 7.41. The lowest BCUT2D eigenvalue weighted by atomic mass is 9.79. The molecule has 0 aliphatic heterocycles. The normalized spacial score (nSPS) is 25.5. The van der Waals surface area contributed by atoms with Crippen molar-refractivity contribution in [3.05, 3.63) is 34.4 Å². The molecule has 0 spiro atoms. The maximum Gasteiger partial charge on any atom is 0.269 e. The molecule has 0 bridgehead atoms. The van der Waals surface area contributed by atoms with E-state index in [0.29, 0.717) is 18.4 Å². The minimum Gasteiger partial charge on any atom is -0.492 e. The number of nitrogens with one attached hydrogen (secondary N) is 1. The average Bonchev–Trinajstić information content (AvgIpc) is 2.47. The van der Waals surface area contributed by atoms with Crippen LogP contribution in [-0.4, -0.2) is 24.1 Å². The van der Waals surface area contributed by atoms with Crippen molar-refractivity contribution in [3.63, 3.8) is 0 Å². The molecule has 1 aromatic rings. The number of nitrogens with zero attached hydrogens (tertiary/aromatic N) is 1. The van der Waals surface area contributed by atoms with Gasteiger partial charge in [-0.1, -0.05) is 13.8 Å². The topological polar surface area (TPSA) is 64.4 Å². The van der Waals surface area contributed by atoms with E-state index in [1.54, 1.807) is 12.1 Å². The van der Waals surface area contributed by atoms with Crippen molar-refractivity contribution in [1.29, 1.82) is 0 Å². The molecule has 5 nitrogen and oxygen atoms in total. The highest BCUT2D eigenvalue weighted by Gasteiger charge is 2.23. The Hall–Kier alpha value is -1.62. The van der Waals surface area contributed by atoms with Gasteiger partial charge in [-0.05, 0) is 43.2 Å². The first-order valence-electron chi connectivity index (χ1n) is 7.67. The van der Waals surface area contributed by atoms with Gasteiger partial charge in [0.2, 0.25) is 0 Å². The molecule has 3 unspecified atom stereocenters. The predicted molar refractivity (Wildman–Crippen MR) is 82.6 cm³/mol. The smallest absolute Gasteiger partial charge is 0.269 e. The Morgan fingerprint density at radius 1 is 1.24 bits per heavy atom. The molecular formula is C16H24N2O3. The molecule has 5 heteroatoms. The number of ether oxygens (including phenoxy) is 1. The van der Waals surface area contributed by atoms with Gasteiger partial charge in [-0.15, -0.1) is 0 Å². The molecule has 116 valence electrons. The minimum atomic E-state index is -0.406. The van der Waals surface area contributed by atoms with Gasteiger partial charge in [0.15, 0.2) is 0 Å². The summed E-state index contributed by atoms with van der Waals surface area (Å²) in [6.07, 6.45) is 3.77. The van der Waals surface area contributed by atoms with Gasteiger partial charge in [-0.3, -0.25) is 10.1 Å². The van der Waals surface area contributed by atoms with Crippen molar-refractivity contribution in [2.45, 2.75) is 39.2 Å². The average molecular weight is 292 g/mol. The first kappa shape index (κ1) is 15.8. The van der Waals surface area contributed by atoms with Crippen molar-refractivity contribution in [2.75, 3.05) is 13.2 Å². The Bertz CT molecular complexity index is 461. The van der Waals surface area contributed by atoms with Gasteiger partial charge in [0.05, 0.1) is 4.92 Å². The van der Waals surface area contributed by atoms with Crippen LogP contribution in [0.5, 0.6) is 5.75 Å². The Balaban J connectivity index is 1.66. The summed E-state index contributed by atoms with van der Waals surface area (Å²) in [5.41, 5.74) is 0.0887. The molecule has 0 saturated heterocycles. The van der Waals surface area contributed by atoms with Gasteiger partial charge in [-0.25, -0.2) is 0 Å². The summed E-state index contributed by atoms with van der Waals surface area (Å²) in [5.74, 6) is 2.29. The number of benzene rings is 1. The summed E-state index contributed by atoms with van der Waals surface area (Å²) in [5, 5.41) is 14.1. The Kier molecular flexibility index (Phi) is 5.56. The number of hydrogen-bond acceptors (Lipinski definition) is 4. The number of nitro groups is 1. The molecule has 1 aliphatic carbocycles. The standard InChI is InChI=1S/C16H24N2O3/c1-12-3-4-14(11-13(12)2)17-9-10-21-16-7-5-15(6-8-16)18(19)20/h5-8,12-14,17H,3-4,9-11H2,1-2H3. The molecule has 0 aromatic heterocycles. The first-order valence-corrected chi connectivity index (χ1v) is 7.67. The van der Waals surface area contributed by atoms with Crippen LogP contribution in [0.15, 0.2) is 24.3 Å². The van der Waals surface area contributed by atoms with E-state index in [9.17, 15) is 10.1 Å². The lowest BCUT2D eigenvalue weighted by Gasteiger charge is -2.32. The molecule has 1 aromatic carbocycles. The zero-order valence-electron chi connectivity index (χ0n) is 12.7. The molecule has 1 aliphatic rings. The molecule has 3 atom stereocenters. The van der Waals surface area contributed by atoms with Gasteiger partial charge in [0, 0.05) is 24.7 Å². The third-order valence-corrected chi connectivity index (χ3v) is 4.45. The zero-order valence-corrected chi connectivity index (χ0v) is 12.7. The molecule has 2 rings (SSSR count). The Morgan fingerprint density at radius 2 is 1.95 bits per heavy atom. The van der Waals surface area contributed by atoms with Crippen LogP contribution in [0, 0.1) is 22.0 Å². The largest absolute Gasteiger partial charge is 0.492 e. The molecular weight excluding hydrogens is 268 g/mol. The predicted octanol–water partition coefficient (Wildman–Crippen LogP) is 3.39. The number of rotatable bonds is 6. The van der Waals surface area contributed by atoms with Crippen LogP contribution in [-0.2, 0) is 0 Å². The lowest BCUT2D eigenvalue weighted by molar-refractivity contribution is -0.384. The summed E-state index contributed by atoms with van der Waals surface area (Å²) in [6, 6.07) is 6.81. The minimum absolute atomic E-state index is 0.0887. The highest BCUT2D eigenvalue weighted by atomic mass is 16.6. The fourth-order valence-electron chi connectivity index (χ4n) is 2.83. The molecule has 1 fully saturated rings. The van der Waals surface area contributed by atoms with Crippen LogP contribution in [0.3, 0.4) is 0 Å². The lowest BCUT2D eigenvalue weighted by Crippen LogP contribution is -2.38. The van der Waals surface area contributed by atoms with Crippen molar-refractivity contribution < 1.29 is 9.66 Å². The van der Waals surface area contributed by atoms with E-state index in [2.05, 4.69) is 19.2 Å². The zero-order chi connectivity index (χ0) is 15.2. The van der Waals surface area contributed by atoms with Crippen molar-refractivity contribution >= 4 is 5.69 Å². The fraction of sp³-hybridized carbons (Fsp3) is 0.625. The van der Waals surface area contributed by atoms with Gasteiger partial charge in [-0.2, -0.15) is 0 Å². The quantitative estimate of drug-likeness (QED) is 0.496. The first-order chi connectivity index (χ1) is 10.1. The maximum absolute atomic E-state index is 10.6. The highest BCUT2D eigenvalue weighted by molar-refractivity contribution is 5.35. The van der Waals surface area contributed by atoms with Crippen LogP contribution in [0.25, 0.3) is 0 Å². The summed E-state index contributed by atoms with van der Waals surface area (Å²) in [4.78, 5) is 10.1. The van der Waals surface area contributed by atoms with Gasteiger partial charge < -0.3 is 10.1 Å². The molecule has 1 saturated carbocycles. The second-order valence-corrected chi connectivity index (χ2v) is 6.02. The third-order valence-electron chi connectivity index (χ3n) is 4.45. The molecule has 0 amide bonds. The van der Waals surface area contributed by atoms with Gasteiger partial charge >= 0.3 is 0 Å². The number of nitro benzene ring substituents is 1. The summed E-state index contributed by atoms with van der Waals surface area (Å²) in [7, 11) is 0. The van der Waals surface area contributed by atoms with Gasteiger partial charge in [0.1, 0.15) is 12.4 Å². The third kappa shape index (κ3) is 4.70. The molecule has 1 N–H and O–H groups in total. The van der Waals surface area contributed by atoms with E-state index in [0.717, 1.165) is 18.4 Å².